The number of H-pyrrole nitrogens is 1. The van der Waals surface area contributed by atoms with Crippen molar-refractivity contribution in [1.29, 1.82) is 0 Å². The molecule has 0 atom stereocenters. The number of aromatic amines is 1. The molecular formula is C23H27N3O3S2. The third-order valence-corrected chi connectivity index (χ3v) is 7.29. The molecule has 0 aliphatic heterocycles. The molecular weight excluding hydrogens is 430 g/mol. The maximum atomic E-state index is 12.6. The van der Waals surface area contributed by atoms with E-state index in [0.29, 0.717) is 23.9 Å². The highest BCUT2D eigenvalue weighted by Gasteiger charge is 2.19. The van der Waals surface area contributed by atoms with Gasteiger partial charge >= 0.3 is 0 Å². The number of fused-ring (bicyclic) bond motifs is 3. The van der Waals surface area contributed by atoms with Crippen LogP contribution in [-0.4, -0.2) is 27.7 Å². The molecule has 1 aromatic carbocycles. The van der Waals surface area contributed by atoms with Gasteiger partial charge in [-0.1, -0.05) is 18.2 Å². The molecule has 6 nitrogen and oxygen atoms in total. The summed E-state index contributed by atoms with van der Waals surface area (Å²) in [5.41, 5.74) is 2.10. The van der Waals surface area contributed by atoms with Gasteiger partial charge in [0.25, 0.3) is 5.56 Å². The molecule has 0 bridgehead atoms. The number of ether oxygens (including phenoxy) is 1. The average Bonchev–Trinajstić information content (AvgIpc) is 3.11. The number of nitrogens with one attached hydrogen (secondary N) is 2. The fourth-order valence-electron chi connectivity index (χ4n) is 3.78. The van der Waals surface area contributed by atoms with Crippen LogP contribution < -0.4 is 15.6 Å². The molecule has 0 fully saturated rings. The van der Waals surface area contributed by atoms with Crippen molar-refractivity contribution >= 4 is 39.2 Å². The van der Waals surface area contributed by atoms with Gasteiger partial charge in [0.1, 0.15) is 16.4 Å². The average molecular weight is 458 g/mol. The summed E-state index contributed by atoms with van der Waals surface area (Å²) in [5, 5.41) is 3.71. The van der Waals surface area contributed by atoms with Gasteiger partial charge in [0, 0.05) is 17.0 Å². The molecule has 0 spiro atoms. The lowest BCUT2D eigenvalue weighted by molar-refractivity contribution is -0.118. The number of benzene rings is 1. The first-order valence-corrected chi connectivity index (χ1v) is 12.6. The van der Waals surface area contributed by atoms with Crippen molar-refractivity contribution in [3.05, 3.63) is 56.4 Å². The van der Waals surface area contributed by atoms with E-state index >= 15 is 0 Å². The number of aromatic nitrogens is 2. The van der Waals surface area contributed by atoms with E-state index in [9.17, 15) is 9.59 Å². The van der Waals surface area contributed by atoms with Crippen LogP contribution in [0.5, 0.6) is 5.75 Å². The molecule has 4 rings (SSSR count). The lowest BCUT2D eigenvalue weighted by Crippen LogP contribution is -2.25. The number of hydrogen-bond donors (Lipinski definition) is 2. The van der Waals surface area contributed by atoms with Gasteiger partial charge in [-0.2, -0.15) is 0 Å². The number of carbonyl (C=O) groups is 1. The van der Waals surface area contributed by atoms with Crippen LogP contribution in [0.1, 0.15) is 48.5 Å². The maximum absolute atomic E-state index is 12.6. The van der Waals surface area contributed by atoms with Gasteiger partial charge in [0.2, 0.25) is 5.91 Å². The van der Waals surface area contributed by atoms with Crippen molar-refractivity contribution in [3.8, 4) is 5.75 Å². The molecule has 0 radical (unpaired) electrons. The van der Waals surface area contributed by atoms with Crippen molar-refractivity contribution in [3.63, 3.8) is 0 Å². The Morgan fingerprint density at radius 1 is 1.29 bits per heavy atom. The summed E-state index contributed by atoms with van der Waals surface area (Å²) in [5.74, 6) is 2.16. The molecule has 1 amide bonds. The van der Waals surface area contributed by atoms with Gasteiger partial charge in [-0.15, -0.1) is 23.1 Å². The third-order valence-electron chi connectivity index (χ3n) is 5.16. The van der Waals surface area contributed by atoms with Crippen molar-refractivity contribution in [2.45, 2.75) is 57.9 Å². The van der Waals surface area contributed by atoms with Crippen molar-refractivity contribution in [1.82, 2.24) is 15.3 Å². The summed E-state index contributed by atoms with van der Waals surface area (Å²) in [4.78, 5) is 34.6. The number of aryl methyl sites for hydroxylation is 2. The number of rotatable bonds is 8. The quantitative estimate of drug-likeness (QED) is 0.530. The smallest absolute Gasteiger partial charge is 0.259 e. The SMILES string of the molecule is CC(C)Oc1ccccc1CNC(=O)CSCc1nc2sc3c(c2c(=O)[nH]1)CCCC3. The predicted octanol–water partition coefficient (Wildman–Crippen LogP) is 4.20. The van der Waals surface area contributed by atoms with Gasteiger partial charge < -0.3 is 15.0 Å². The molecule has 1 aliphatic rings. The number of thioether (sulfide) groups is 1. The second kappa shape index (κ2) is 9.87. The van der Waals surface area contributed by atoms with Crippen LogP contribution in [0.3, 0.4) is 0 Å². The minimum absolute atomic E-state index is 0.0498. The van der Waals surface area contributed by atoms with Crippen LogP contribution in [0.15, 0.2) is 29.1 Å². The lowest BCUT2D eigenvalue weighted by Gasteiger charge is -2.14. The van der Waals surface area contributed by atoms with E-state index in [-0.39, 0.29) is 17.6 Å². The Kier molecular flexibility index (Phi) is 6.97. The van der Waals surface area contributed by atoms with Crippen LogP contribution in [0.2, 0.25) is 0 Å². The molecule has 2 heterocycles. The maximum Gasteiger partial charge on any atom is 0.259 e. The molecule has 8 heteroatoms. The van der Waals surface area contributed by atoms with E-state index in [2.05, 4.69) is 15.3 Å². The molecule has 1 aliphatic carbocycles. The zero-order valence-electron chi connectivity index (χ0n) is 17.8. The highest BCUT2D eigenvalue weighted by Crippen LogP contribution is 2.33. The standard InChI is InChI=1S/C23H27N3O3S2/c1-14(2)29-17-9-5-3-7-15(17)11-24-20(27)13-30-12-19-25-22(28)21-16-8-4-6-10-18(16)31-23(21)26-19/h3,5,7,9,14H,4,6,8,10-13H2,1-2H3,(H,24,27)(H,25,26,28). The van der Waals surface area contributed by atoms with Gasteiger partial charge in [0.15, 0.2) is 0 Å². The molecule has 3 aromatic rings. The fraction of sp³-hybridized carbons (Fsp3) is 0.435. The molecule has 0 saturated heterocycles. The fourth-order valence-corrected chi connectivity index (χ4v) is 5.78. The van der Waals surface area contributed by atoms with Crippen LogP contribution in [0, 0.1) is 0 Å². The van der Waals surface area contributed by atoms with E-state index in [4.69, 9.17) is 4.74 Å². The van der Waals surface area contributed by atoms with Crippen LogP contribution in [0.25, 0.3) is 10.2 Å². The Morgan fingerprint density at radius 3 is 2.94 bits per heavy atom. The topological polar surface area (TPSA) is 84.1 Å². The Labute approximate surface area is 189 Å². The molecule has 0 saturated carbocycles. The third kappa shape index (κ3) is 5.30. The first kappa shape index (κ1) is 21.9. The Morgan fingerprint density at radius 2 is 2.10 bits per heavy atom. The second-order valence-corrected chi connectivity index (χ2v) is 10.0. The number of hydrogen-bond acceptors (Lipinski definition) is 6. The monoisotopic (exact) mass is 457 g/mol. The summed E-state index contributed by atoms with van der Waals surface area (Å²) in [6.45, 7) is 4.38. The van der Waals surface area contributed by atoms with E-state index in [1.807, 2.05) is 38.1 Å². The molecule has 164 valence electrons. The van der Waals surface area contributed by atoms with Crippen molar-refractivity contribution in [2.75, 3.05) is 5.75 Å². The minimum Gasteiger partial charge on any atom is -0.491 e. The van der Waals surface area contributed by atoms with Gasteiger partial charge in [-0.3, -0.25) is 9.59 Å². The van der Waals surface area contributed by atoms with Gasteiger partial charge in [0.05, 0.1) is 23.0 Å². The lowest BCUT2D eigenvalue weighted by atomic mass is 9.97. The number of carbonyl (C=O) groups excluding carboxylic acids is 1. The zero-order valence-corrected chi connectivity index (χ0v) is 19.5. The predicted molar refractivity (Wildman–Crippen MR) is 127 cm³/mol. The van der Waals surface area contributed by atoms with Crippen LogP contribution in [-0.2, 0) is 29.9 Å². The first-order valence-electron chi connectivity index (χ1n) is 10.6. The first-order chi connectivity index (χ1) is 15.0. The highest BCUT2D eigenvalue weighted by molar-refractivity contribution is 7.99. The summed E-state index contributed by atoms with van der Waals surface area (Å²) < 4.78 is 5.80. The minimum atomic E-state index is -0.0561. The Hall–Kier alpha value is -2.32. The van der Waals surface area contributed by atoms with Crippen molar-refractivity contribution in [2.24, 2.45) is 0 Å². The summed E-state index contributed by atoms with van der Waals surface area (Å²) in [6, 6.07) is 7.73. The van der Waals surface area contributed by atoms with E-state index in [0.717, 1.165) is 40.8 Å². The summed E-state index contributed by atoms with van der Waals surface area (Å²) in [7, 11) is 0. The molecule has 2 aromatic heterocycles. The largest absolute Gasteiger partial charge is 0.491 e. The van der Waals surface area contributed by atoms with E-state index in [1.165, 1.54) is 28.6 Å². The molecule has 31 heavy (non-hydrogen) atoms. The van der Waals surface area contributed by atoms with E-state index < -0.39 is 0 Å². The van der Waals surface area contributed by atoms with Gasteiger partial charge in [-0.25, -0.2) is 4.98 Å². The zero-order chi connectivity index (χ0) is 21.8. The molecule has 0 unspecified atom stereocenters. The molecule has 2 N–H and O–H groups in total. The normalized spacial score (nSPS) is 13.4. The van der Waals surface area contributed by atoms with E-state index in [1.54, 1.807) is 11.3 Å². The number of amides is 1. The number of nitrogens with zero attached hydrogens (tertiary/aromatic N) is 1. The van der Waals surface area contributed by atoms with Crippen molar-refractivity contribution < 1.29 is 9.53 Å². The number of thiophene rings is 1. The highest BCUT2D eigenvalue weighted by atomic mass is 32.2. The Bertz CT molecular complexity index is 1140. The Balaban J connectivity index is 1.32. The van der Waals surface area contributed by atoms with Crippen LogP contribution in [0.4, 0.5) is 0 Å². The van der Waals surface area contributed by atoms with Crippen LogP contribution >= 0.6 is 23.1 Å². The summed E-state index contributed by atoms with van der Waals surface area (Å²) in [6.07, 6.45) is 4.42. The second-order valence-electron chi connectivity index (χ2n) is 7.95. The number of para-hydroxylation sites is 1. The van der Waals surface area contributed by atoms with Gasteiger partial charge in [-0.05, 0) is 51.2 Å². The summed E-state index contributed by atoms with van der Waals surface area (Å²) >= 11 is 3.09.